The Morgan fingerprint density at radius 3 is 2.16 bits per heavy atom. The smallest absolute Gasteiger partial charge is 0.242 e. The lowest BCUT2D eigenvalue weighted by Gasteiger charge is -2.43. The fourth-order valence-corrected chi connectivity index (χ4v) is 8.84. The minimum atomic E-state index is -4.00. The summed E-state index contributed by atoms with van der Waals surface area (Å²) in [5, 5.41) is 12.6. The molecule has 5 aromatic rings. The Hall–Kier alpha value is -5.08. The van der Waals surface area contributed by atoms with Gasteiger partial charge in [0.15, 0.2) is 17.8 Å². The standard InChI is InChI=1S/C46H51N3O8S/c1-30-10-20-39(21-11-30)58(52,53)48-40(24-32-8-6-5-7-9-32)45(51)47-38-18-16-35(17-19-38)46-56-43(31(2)44(57-46)34-14-12-33(29-50)13-15-34)28-49-23-22-36-25-41(54-3)42(55-4)26-37(36)27-49/h5-21,25-26,31,40,43-44,46,48,50H,22-24,27-29H2,1-4H3,(H,47,51). The molecule has 58 heavy (non-hydrogen) atoms. The van der Waals surface area contributed by atoms with Gasteiger partial charge in [0, 0.05) is 36.8 Å². The summed E-state index contributed by atoms with van der Waals surface area (Å²) in [6.45, 7) is 6.26. The van der Waals surface area contributed by atoms with Crippen LogP contribution in [0.5, 0.6) is 11.5 Å². The van der Waals surface area contributed by atoms with Crippen molar-refractivity contribution < 1.29 is 37.3 Å². The molecule has 0 aliphatic carbocycles. The van der Waals surface area contributed by atoms with Crippen molar-refractivity contribution in [2.24, 2.45) is 5.92 Å². The number of carbonyl (C=O) groups excluding carboxylic acids is 1. The maximum absolute atomic E-state index is 13.8. The van der Waals surface area contributed by atoms with Crippen LogP contribution in [-0.2, 0) is 50.3 Å². The molecule has 1 saturated heterocycles. The Labute approximate surface area is 341 Å². The van der Waals surface area contributed by atoms with Crippen molar-refractivity contribution in [3.63, 3.8) is 0 Å². The van der Waals surface area contributed by atoms with E-state index >= 15 is 0 Å². The van der Waals surface area contributed by atoms with E-state index in [1.807, 2.05) is 73.7 Å². The number of fused-ring (bicyclic) bond motifs is 1. The number of aliphatic hydroxyl groups is 1. The average Bonchev–Trinajstić information content (AvgIpc) is 3.24. The SMILES string of the molecule is COc1cc2c(cc1OC)CN(CC1OC(c3ccc(NC(=O)C(Cc4ccccc4)NS(=O)(=O)c4ccc(C)cc4)cc3)OC(c3ccc(CO)cc3)C1C)CC2. The highest BCUT2D eigenvalue weighted by molar-refractivity contribution is 7.89. The van der Waals surface area contributed by atoms with Gasteiger partial charge in [-0.15, -0.1) is 0 Å². The number of nitrogens with one attached hydrogen (secondary N) is 2. The third-order valence-electron chi connectivity index (χ3n) is 11.0. The summed E-state index contributed by atoms with van der Waals surface area (Å²) >= 11 is 0. The van der Waals surface area contributed by atoms with Crippen LogP contribution in [0, 0.1) is 12.8 Å². The summed E-state index contributed by atoms with van der Waals surface area (Å²) in [4.78, 5) is 16.3. The van der Waals surface area contributed by atoms with E-state index in [1.165, 1.54) is 23.3 Å². The van der Waals surface area contributed by atoms with Crippen molar-refractivity contribution >= 4 is 21.6 Å². The second kappa shape index (κ2) is 18.2. The van der Waals surface area contributed by atoms with Gasteiger partial charge in [-0.1, -0.05) is 91.3 Å². The summed E-state index contributed by atoms with van der Waals surface area (Å²) in [6.07, 6.45) is -0.165. The number of hydrogen-bond acceptors (Lipinski definition) is 9. The molecular formula is C46H51N3O8S. The number of anilines is 1. The molecule has 12 heteroatoms. The van der Waals surface area contributed by atoms with Gasteiger partial charge in [-0.05, 0) is 84.0 Å². The van der Waals surface area contributed by atoms with E-state index in [2.05, 4.69) is 34.0 Å². The van der Waals surface area contributed by atoms with Gasteiger partial charge in [0.25, 0.3) is 0 Å². The second-order valence-corrected chi connectivity index (χ2v) is 16.8. The molecule has 7 rings (SSSR count). The van der Waals surface area contributed by atoms with E-state index in [9.17, 15) is 18.3 Å². The van der Waals surface area contributed by atoms with Gasteiger partial charge in [-0.25, -0.2) is 8.42 Å². The minimum Gasteiger partial charge on any atom is -0.493 e. The lowest BCUT2D eigenvalue weighted by Crippen LogP contribution is -2.45. The van der Waals surface area contributed by atoms with Gasteiger partial charge in [0.1, 0.15) is 6.04 Å². The van der Waals surface area contributed by atoms with Crippen molar-refractivity contribution in [1.29, 1.82) is 0 Å². The van der Waals surface area contributed by atoms with Gasteiger partial charge >= 0.3 is 0 Å². The quantitative estimate of drug-likeness (QED) is 0.110. The first-order chi connectivity index (χ1) is 28.0. The largest absolute Gasteiger partial charge is 0.493 e. The molecule has 0 radical (unpaired) electrons. The number of hydrogen-bond donors (Lipinski definition) is 3. The van der Waals surface area contributed by atoms with E-state index in [4.69, 9.17) is 18.9 Å². The molecule has 2 aliphatic heterocycles. The number of aryl methyl sites for hydroxylation is 1. The predicted molar refractivity (Wildman–Crippen MR) is 222 cm³/mol. The first-order valence-electron chi connectivity index (χ1n) is 19.5. The predicted octanol–water partition coefficient (Wildman–Crippen LogP) is 6.88. The Balaban J connectivity index is 1.09. The van der Waals surface area contributed by atoms with Crippen LogP contribution in [0.1, 0.15) is 58.3 Å². The normalized spacial score (nSPS) is 20.2. The zero-order valence-electron chi connectivity index (χ0n) is 33.3. The second-order valence-electron chi connectivity index (χ2n) is 15.1. The van der Waals surface area contributed by atoms with E-state index < -0.39 is 28.3 Å². The number of sulfonamides is 1. The third-order valence-corrected chi connectivity index (χ3v) is 12.5. The molecule has 11 nitrogen and oxygen atoms in total. The fraction of sp³-hybridized carbons (Fsp3) is 0.326. The first-order valence-corrected chi connectivity index (χ1v) is 21.0. The number of rotatable bonds is 14. The van der Waals surface area contributed by atoms with Crippen LogP contribution in [-0.4, -0.2) is 63.8 Å². The number of aliphatic hydroxyl groups excluding tert-OH is 1. The first kappa shape index (κ1) is 41.1. The molecular weight excluding hydrogens is 755 g/mol. The summed E-state index contributed by atoms with van der Waals surface area (Å²) in [6, 6.07) is 34.0. The van der Waals surface area contributed by atoms with Crippen LogP contribution in [0.25, 0.3) is 0 Å². The van der Waals surface area contributed by atoms with Crippen molar-refractivity contribution in [3.05, 3.63) is 154 Å². The molecule has 2 aliphatic rings. The van der Waals surface area contributed by atoms with Crippen LogP contribution < -0.4 is 19.5 Å². The van der Waals surface area contributed by atoms with Crippen LogP contribution in [0.2, 0.25) is 0 Å². The third kappa shape index (κ3) is 9.61. The lowest BCUT2D eigenvalue weighted by atomic mass is 9.89. The highest BCUT2D eigenvalue weighted by Gasteiger charge is 2.39. The zero-order valence-corrected chi connectivity index (χ0v) is 34.1. The average molecular weight is 806 g/mol. The Morgan fingerprint density at radius 1 is 0.845 bits per heavy atom. The topological polar surface area (TPSA) is 136 Å². The number of nitrogens with zero attached hydrogens (tertiary/aromatic N) is 1. The van der Waals surface area contributed by atoms with E-state index in [-0.39, 0.29) is 36.0 Å². The molecule has 5 atom stereocenters. The van der Waals surface area contributed by atoms with Gasteiger partial charge < -0.3 is 29.4 Å². The number of carbonyl (C=O) groups is 1. The van der Waals surface area contributed by atoms with Crippen LogP contribution in [0.4, 0.5) is 5.69 Å². The minimum absolute atomic E-state index is 0.00757. The van der Waals surface area contributed by atoms with Gasteiger partial charge in [0.2, 0.25) is 15.9 Å². The van der Waals surface area contributed by atoms with Crippen LogP contribution in [0.15, 0.2) is 120 Å². The van der Waals surface area contributed by atoms with E-state index in [0.29, 0.717) is 18.0 Å². The van der Waals surface area contributed by atoms with Crippen molar-refractivity contribution in [2.45, 2.75) is 69.3 Å². The molecule has 1 amide bonds. The molecule has 0 aromatic heterocycles. The number of methoxy groups -OCH3 is 2. The Morgan fingerprint density at radius 2 is 1.50 bits per heavy atom. The monoisotopic (exact) mass is 805 g/mol. The summed E-state index contributed by atoms with van der Waals surface area (Å²) in [5.41, 5.74) is 7.27. The zero-order chi connectivity index (χ0) is 40.8. The summed E-state index contributed by atoms with van der Waals surface area (Å²) in [7, 11) is -0.697. The van der Waals surface area contributed by atoms with Crippen molar-refractivity contribution in [3.8, 4) is 11.5 Å². The molecule has 0 saturated carbocycles. The van der Waals surface area contributed by atoms with Gasteiger partial charge in [-0.2, -0.15) is 4.72 Å². The van der Waals surface area contributed by atoms with Gasteiger partial charge in [-0.3, -0.25) is 9.69 Å². The molecule has 0 bridgehead atoms. The van der Waals surface area contributed by atoms with E-state index in [1.54, 1.807) is 38.5 Å². The van der Waals surface area contributed by atoms with Crippen molar-refractivity contribution in [2.75, 3.05) is 32.6 Å². The van der Waals surface area contributed by atoms with Crippen molar-refractivity contribution in [1.82, 2.24) is 9.62 Å². The molecule has 304 valence electrons. The van der Waals surface area contributed by atoms with Gasteiger partial charge in [0.05, 0.1) is 37.9 Å². The number of amides is 1. The van der Waals surface area contributed by atoms with Crippen LogP contribution >= 0.6 is 0 Å². The highest BCUT2D eigenvalue weighted by atomic mass is 32.2. The van der Waals surface area contributed by atoms with Crippen LogP contribution in [0.3, 0.4) is 0 Å². The molecule has 0 spiro atoms. The molecule has 5 aromatic carbocycles. The summed E-state index contributed by atoms with van der Waals surface area (Å²) in [5.74, 6) is 0.943. The summed E-state index contributed by atoms with van der Waals surface area (Å²) < 4.78 is 54.1. The molecule has 3 N–H and O–H groups in total. The van der Waals surface area contributed by atoms with E-state index in [0.717, 1.165) is 53.1 Å². The number of benzene rings is 5. The fourth-order valence-electron chi connectivity index (χ4n) is 7.64. The molecule has 1 fully saturated rings. The lowest BCUT2D eigenvalue weighted by molar-refractivity contribution is -0.276. The Bertz CT molecular complexity index is 2270. The maximum Gasteiger partial charge on any atom is 0.242 e. The molecule has 5 unspecified atom stereocenters. The molecule has 2 heterocycles. The Kier molecular flexibility index (Phi) is 12.9. The number of ether oxygens (including phenoxy) is 4. The maximum atomic E-state index is 13.8. The highest BCUT2D eigenvalue weighted by Crippen LogP contribution is 2.42.